The first-order chi connectivity index (χ1) is 13.1. The van der Waals surface area contributed by atoms with Crippen molar-refractivity contribution >= 4 is 29.1 Å². The highest BCUT2D eigenvalue weighted by Gasteiger charge is 2.36. The number of primary amides is 1. The molecule has 2 saturated heterocycles. The first-order valence-corrected chi connectivity index (χ1v) is 9.53. The topological polar surface area (TPSA) is 78.7 Å². The number of amides is 2. The van der Waals surface area contributed by atoms with Crippen LogP contribution in [0.15, 0.2) is 18.2 Å². The van der Waals surface area contributed by atoms with E-state index in [1.54, 1.807) is 5.01 Å². The van der Waals surface area contributed by atoms with Crippen molar-refractivity contribution in [2.45, 2.75) is 37.9 Å². The Hall–Kier alpha value is -2.00. The van der Waals surface area contributed by atoms with E-state index in [1.807, 2.05) is 5.01 Å². The number of piperidine rings is 2. The maximum Gasteiger partial charge on any atom is 0.416 e. The number of anilines is 1. The lowest BCUT2D eigenvalue weighted by Crippen LogP contribution is -2.57. The van der Waals surface area contributed by atoms with Gasteiger partial charge in [0, 0.05) is 36.3 Å². The van der Waals surface area contributed by atoms with E-state index >= 15 is 0 Å². The lowest BCUT2D eigenvalue weighted by Gasteiger charge is -2.43. The summed E-state index contributed by atoms with van der Waals surface area (Å²) in [5.41, 5.74) is 4.64. The van der Waals surface area contributed by atoms with Gasteiger partial charge in [0.2, 0.25) is 5.91 Å². The van der Waals surface area contributed by atoms with Crippen LogP contribution in [0.5, 0.6) is 0 Å². The Balaban J connectivity index is 1.68. The maximum atomic E-state index is 13.0. The molecule has 6 nitrogen and oxygen atoms in total. The van der Waals surface area contributed by atoms with Crippen molar-refractivity contribution < 1.29 is 22.8 Å². The average molecular weight is 419 g/mol. The molecule has 2 amide bonds. The van der Waals surface area contributed by atoms with Crippen LogP contribution in [0.25, 0.3) is 0 Å². The number of benzene rings is 1. The van der Waals surface area contributed by atoms with Crippen LogP contribution in [0, 0.1) is 5.92 Å². The second-order valence-electron chi connectivity index (χ2n) is 7.16. The molecule has 2 aliphatic rings. The Morgan fingerprint density at radius 2 is 1.82 bits per heavy atom. The number of hydrogen-bond donors (Lipinski definition) is 2. The van der Waals surface area contributed by atoms with Crippen LogP contribution in [0.4, 0.5) is 18.9 Å². The minimum Gasteiger partial charge on any atom is -0.374 e. The standard InChI is InChI=1S/C18H22ClF3N4O2/c19-13-8-12(18(20,21)22)9-14(10-13)24-15-2-1-5-26(17(15)28)25-6-3-11(4-7-25)16(23)27/h8-11,15,24H,1-7H2,(H2,23,27)/t15-/m1/s1. The van der Waals surface area contributed by atoms with Crippen molar-refractivity contribution in [3.63, 3.8) is 0 Å². The van der Waals surface area contributed by atoms with E-state index in [0.717, 1.165) is 12.1 Å². The van der Waals surface area contributed by atoms with Crippen LogP contribution in [0.1, 0.15) is 31.2 Å². The van der Waals surface area contributed by atoms with Gasteiger partial charge in [0.15, 0.2) is 0 Å². The second-order valence-corrected chi connectivity index (χ2v) is 7.59. The van der Waals surface area contributed by atoms with Crippen LogP contribution in [0.3, 0.4) is 0 Å². The molecule has 0 spiro atoms. The number of rotatable bonds is 4. The number of carbonyl (C=O) groups excluding carboxylic acids is 2. The summed E-state index contributed by atoms with van der Waals surface area (Å²) in [6.45, 7) is 1.63. The van der Waals surface area contributed by atoms with E-state index in [2.05, 4.69) is 5.32 Å². The van der Waals surface area contributed by atoms with Crippen molar-refractivity contribution in [3.05, 3.63) is 28.8 Å². The lowest BCUT2D eigenvalue weighted by molar-refractivity contribution is -0.157. The summed E-state index contributed by atoms with van der Waals surface area (Å²) in [5, 5.41) is 6.38. The van der Waals surface area contributed by atoms with Gasteiger partial charge in [-0.2, -0.15) is 13.2 Å². The molecule has 2 fully saturated rings. The summed E-state index contributed by atoms with van der Waals surface area (Å²) in [4.78, 5) is 24.2. The third-order valence-electron chi connectivity index (χ3n) is 5.20. The highest BCUT2D eigenvalue weighted by molar-refractivity contribution is 6.31. The number of halogens is 4. The predicted octanol–water partition coefficient (Wildman–Crippen LogP) is 2.87. The molecule has 3 rings (SSSR count). The third kappa shape index (κ3) is 4.70. The number of nitrogens with one attached hydrogen (secondary N) is 1. The van der Waals surface area contributed by atoms with Gasteiger partial charge in [-0.25, -0.2) is 5.01 Å². The molecule has 0 aromatic heterocycles. The summed E-state index contributed by atoms with van der Waals surface area (Å²) in [6, 6.07) is 2.55. The molecule has 1 aromatic rings. The smallest absolute Gasteiger partial charge is 0.374 e. The molecule has 1 aromatic carbocycles. The summed E-state index contributed by atoms with van der Waals surface area (Å²) < 4.78 is 39.0. The van der Waals surface area contributed by atoms with E-state index < -0.39 is 17.8 Å². The summed E-state index contributed by atoms with van der Waals surface area (Å²) in [5.74, 6) is -0.708. The zero-order chi connectivity index (χ0) is 20.5. The number of hydrazine groups is 1. The SMILES string of the molecule is NC(=O)C1CCN(N2CCC[C@@H](Nc3cc(Cl)cc(C(F)(F)F)c3)C2=O)CC1. The molecule has 0 radical (unpaired) electrons. The predicted molar refractivity (Wildman–Crippen MR) is 98.3 cm³/mol. The monoisotopic (exact) mass is 418 g/mol. The molecular formula is C18H22ClF3N4O2. The molecular weight excluding hydrogens is 397 g/mol. The van der Waals surface area contributed by atoms with Crippen molar-refractivity contribution in [1.82, 2.24) is 10.0 Å². The number of nitrogens with two attached hydrogens (primary N) is 1. The molecule has 154 valence electrons. The Morgan fingerprint density at radius 3 is 2.43 bits per heavy atom. The van der Waals surface area contributed by atoms with Gasteiger partial charge in [-0.05, 0) is 43.9 Å². The molecule has 1 atom stereocenters. The fraction of sp³-hybridized carbons (Fsp3) is 0.556. The number of nitrogens with zero attached hydrogens (tertiary/aromatic N) is 2. The largest absolute Gasteiger partial charge is 0.416 e. The molecule has 2 heterocycles. The van der Waals surface area contributed by atoms with E-state index in [1.165, 1.54) is 6.07 Å². The molecule has 28 heavy (non-hydrogen) atoms. The number of alkyl halides is 3. The molecule has 10 heteroatoms. The van der Waals surface area contributed by atoms with Crippen molar-refractivity contribution in [2.24, 2.45) is 11.7 Å². The number of carbonyl (C=O) groups is 2. The molecule has 3 N–H and O–H groups in total. The van der Waals surface area contributed by atoms with Gasteiger partial charge in [0.05, 0.1) is 5.56 Å². The minimum absolute atomic E-state index is 0.0500. The molecule has 0 saturated carbocycles. The van der Waals surface area contributed by atoms with Gasteiger partial charge >= 0.3 is 6.18 Å². The highest BCUT2D eigenvalue weighted by atomic mass is 35.5. The van der Waals surface area contributed by atoms with Crippen LogP contribution in [0.2, 0.25) is 5.02 Å². The quantitative estimate of drug-likeness (QED) is 0.788. The normalized spacial score (nSPS) is 22.4. The zero-order valence-corrected chi connectivity index (χ0v) is 15.9. The third-order valence-corrected chi connectivity index (χ3v) is 5.41. The zero-order valence-electron chi connectivity index (χ0n) is 15.1. The van der Waals surface area contributed by atoms with Crippen molar-refractivity contribution in [2.75, 3.05) is 25.0 Å². The van der Waals surface area contributed by atoms with E-state index in [4.69, 9.17) is 17.3 Å². The van der Waals surface area contributed by atoms with Gasteiger partial charge < -0.3 is 11.1 Å². The van der Waals surface area contributed by atoms with Gasteiger partial charge in [-0.1, -0.05) is 11.6 Å². The van der Waals surface area contributed by atoms with Crippen LogP contribution in [-0.2, 0) is 15.8 Å². The second kappa shape index (κ2) is 8.16. The van der Waals surface area contributed by atoms with E-state index in [0.29, 0.717) is 45.3 Å². The van der Waals surface area contributed by atoms with Gasteiger partial charge in [-0.15, -0.1) is 0 Å². The van der Waals surface area contributed by atoms with Crippen LogP contribution < -0.4 is 11.1 Å². The lowest BCUT2D eigenvalue weighted by atomic mass is 9.97. The summed E-state index contributed by atoms with van der Waals surface area (Å²) in [7, 11) is 0. The molecule has 0 aliphatic carbocycles. The van der Waals surface area contributed by atoms with Crippen LogP contribution in [-0.4, -0.2) is 47.5 Å². The summed E-state index contributed by atoms with van der Waals surface area (Å²) in [6.07, 6.45) is -2.12. The summed E-state index contributed by atoms with van der Waals surface area (Å²) >= 11 is 5.82. The first kappa shape index (κ1) is 20.7. The van der Waals surface area contributed by atoms with Gasteiger partial charge in [-0.3, -0.25) is 14.6 Å². The molecule has 0 bridgehead atoms. The fourth-order valence-corrected chi connectivity index (χ4v) is 3.94. The Morgan fingerprint density at radius 1 is 1.14 bits per heavy atom. The Bertz CT molecular complexity index is 751. The van der Waals surface area contributed by atoms with Gasteiger partial charge in [0.1, 0.15) is 6.04 Å². The van der Waals surface area contributed by atoms with Crippen molar-refractivity contribution in [3.8, 4) is 0 Å². The van der Waals surface area contributed by atoms with E-state index in [-0.39, 0.29) is 28.4 Å². The molecule has 2 aliphatic heterocycles. The number of hydrogen-bond acceptors (Lipinski definition) is 4. The molecule has 0 unspecified atom stereocenters. The van der Waals surface area contributed by atoms with E-state index in [9.17, 15) is 22.8 Å². The van der Waals surface area contributed by atoms with Gasteiger partial charge in [0.25, 0.3) is 5.91 Å². The minimum atomic E-state index is -4.52. The Kier molecular flexibility index (Phi) is 6.04. The average Bonchev–Trinajstić information content (AvgIpc) is 2.62. The maximum absolute atomic E-state index is 13.0. The Labute approximate surface area is 165 Å². The first-order valence-electron chi connectivity index (χ1n) is 9.15. The highest BCUT2D eigenvalue weighted by Crippen LogP contribution is 2.34. The van der Waals surface area contributed by atoms with Crippen LogP contribution >= 0.6 is 11.6 Å². The fourth-order valence-electron chi connectivity index (χ4n) is 3.70. The van der Waals surface area contributed by atoms with Crippen molar-refractivity contribution in [1.29, 1.82) is 0 Å².